The summed E-state index contributed by atoms with van der Waals surface area (Å²) >= 11 is 1.52. The minimum Gasteiger partial charge on any atom is -0.378 e. The molecule has 0 spiro atoms. The van der Waals surface area contributed by atoms with Crippen LogP contribution in [0, 0.1) is 0 Å². The summed E-state index contributed by atoms with van der Waals surface area (Å²) in [7, 11) is 4.08. The van der Waals surface area contributed by atoms with Crippen LogP contribution >= 0.6 is 11.3 Å². The van der Waals surface area contributed by atoms with Gasteiger partial charge in [-0.3, -0.25) is 0 Å². The summed E-state index contributed by atoms with van der Waals surface area (Å²) in [4.78, 5) is 6.36. The molecule has 0 atom stereocenters. The lowest BCUT2D eigenvalue weighted by molar-refractivity contribution is 1.13. The molecule has 0 saturated carbocycles. The molecule has 3 aromatic rings. The van der Waals surface area contributed by atoms with Gasteiger partial charge >= 0.3 is 0 Å². The number of anilines is 2. The van der Waals surface area contributed by atoms with Gasteiger partial charge in [-0.2, -0.15) is 0 Å². The Hall–Kier alpha value is -2.33. The smallest absolute Gasteiger partial charge is 0.181 e. The first-order chi connectivity index (χ1) is 10.1. The van der Waals surface area contributed by atoms with Crippen LogP contribution in [0.1, 0.15) is 11.1 Å². The molecule has 21 heavy (non-hydrogen) atoms. The molecule has 0 unspecified atom stereocenters. The van der Waals surface area contributed by atoms with Crippen molar-refractivity contribution in [1.29, 1.82) is 0 Å². The van der Waals surface area contributed by atoms with E-state index in [1.165, 1.54) is 22.6 Å². The number of nitrogens with two attached hydrogens (primary N) is 1. The molecule has 0 aliphatic heterocycles. The van der Waals surface area contributed by atoms with E-state index in [9.17, 15) is 0 Å². The average molecular weight is 295 g/mol. The summed E-state index contributed by atoms with van der Waals surface area (Å²) in [5, 5.41) is 0.616. The molecule has 1 heterocycles. The van der Waals surface area contributed by atoms with E-state index in [0.717, 1.165) is 15.8 Å². The Balaban J connectivity index is 1.83. The third-order valence-corrected chi connectivity index (χ3v) is 4.15. The SMILES string of the molecule is CN(C)c1ccc(/C=C/c2ccc3nc(N)sc3c2)cc1. The van der Waals surface area contributed by atoms with Gasteiger partial charge < -0.3 is 10.6 Å². The summed E-state index contributed by atoms with van der Waals surface area (Å²) in [6, 6.07) is 14.7. The van der Waals surface area contributed by atoms with Gasteiger partial charge in [0.1, 0.15) is 0 Å². The van der Waals surface area contributed by atoms with Crippen LogP contribution in [-0.4, -0.2) is 19.1 Å². The zero-order valence-electron chi connectivity index (χ0n) is 12.1. The second-order valence-corrected chi connectivity index (χ2v) is 6.16. The molecule has 2 N–H and O–H groups in total. The van der Waals surface area contributed by atoms with Crippen molar-refractivity contribution in [1.82, 2.24) is 4.98 Å². The number of fused-ring (bicyclic) bond motifs is 1. The minimum atomic E-state index is 0.616. The summed E-state index contributed by atoms with van der Waals surface area (Å²) in [6.07, 6.45) is 4.23. The Labute approximate surface area is 128 Å². The van der Waals surface area contributed by atoms with Gasteiger partial charge in [-0.25, -0.2) is 4.98 Å². The molecule has 0 radical (unpaired) electrons. The first-order valence-corrected chi connectivity index (χ1v) is 7.55. The number of benzene rings is 2. The Morgan fingerprint density at radius 1 is 1.00 bits per heavy atom. The number of hydrogen-bond donors (Lipinski definition) is 1. The zero-order valence-corrected chi connectivity index (χ0v) is 12.9. The lowest BCUT2D eigenvalue weighted by Crippen LogP contribution is -2.07. The predicted molar refractivity (Wildman–Crippen MR) is 93.7 cm³/mol. The van der Waals surface area contributed by atoms with E-state index in [2.05, 4.69) is 58.4 Å². The Bertz CT molecular complexity index is 785. The van der Waals surface area contributed by atoms with Gasteiger partial charge in [-0.05, 0) is 35.4 Å². The van der Waals surface area contributed by atoms with Crippen molar-refractivity contribution in [3.8, 4) is 0 Å². The minimum absolute atomic E-state index is 0.616. The molecule has 4 heteroatoms. The van der Waals surface area contributed by atoms with Gasteiger partial charge in [0.15, 0.2) is 5.13 Å². The highest BCUT2D eigenvalue weighted by Gasteiger charge is 2.00. The summed E-state index contributed by atoms with van der Waals surface area (Å²) in [6.45, 7) is 0. The Morgan fingerprint density at radius 3 is 2.38 bits per heavy atom. The summed E-state index contributed by atoms with van der Waals surface area (Å²) < 4.78 is 1.12. The average Bonchev–Trinajstić information content (AvgIpc) is 2.84. The highest BCUT2D eigenvalue weighted by Crippen LogP contribution is 2.25. The maximum atomic E-state index is 5.73. The van der Waals surface area contributed by atoms with E-state index in [4.69, 9.17) is 5.73 Å². The Kier molecular flexibility index (Phi) is 3.62. The third-order valence-electron chi connectivity index (χ3n) is 3.31. The summed E-state index contributed by atoms with van der Waals surface area (Å²) in [5.74, 6) is 0. The molecule has 0 bridgehead atoms. The van der Waals surface area contributed by atoms with Crippen LogP contribution in [0.4, 0.5) is 10.8 Å². The quantitative estimate of drug-likeness (QED) is 0.739. The van der Waals surface area contributed by atoms with Crippen molar-refractivity contribution in [2.24, 2.45) is 0 Å². The van der Waals surface area contributed by atoms with Crippen molar-refractivity contribution in [2.45, 2.75) is 0 Å². The van der Waals surface area contributed by atoms with Gasteiger partial charge in [0, 0.05) is 19.8 Å². The molecule has 0 aliphatic carbocycles. The van der Waals surface area contributed by atoms with Gasteiger partial charge in [-0.1, -0.05) is 41.7 Å². The molecule has 1 aromatic heterocycles. The number of nitrogens with zero attached hydrogens (tertiary/aromatic N) is 2. The van der Waals surface area contributed by atoms with Crippen molar-refractivity contribution in [3.05, 3.63) is 53.6 Å². The second-order valence-electron chi connectivity index (χ2n) is 5.10. The molecule has 0 amide bonds. The van der Waals surface area contributed by atoms with Crippen molar-refractivity contribution in [2.75, 3.05) is 24.7 Å². The van der Waals surface area contributed by atoms with Crippen LogP contribution in [0.3, 0.4) is 0 Å². The fraction of sp³-hybridized carbons (Fsp3) is 0.118. The fourth-order valence-electron chi connectivity index (χ4n) is 2.14. The maximum Gasteiger partial charge on any atom is 0.181 e. The van der Waals surface area contributed by atoms with Crippen LogP contribution in [-0.2, 0) is 0 Å². The highest BCUT2D eigenvalue weighted by molar-refractivity contribution is 7.22. The molecule has 0 saturated heterocycles. The lowest BCUT2D eigenvalue weighted by atomic mass is 10.1. The van der Waals surface area contributed by atoms with Crippen molar-refractivity contribution >= 4 is 44.5 Å². The number of rotatable bonds is 3. The van der Waals surface area contributed by atoms with E-state index in [-0.39, 0.29) is 0 Å². The number of nitrogen functional groups attached to an aromatic ring is 1. The highest BCUT2D eigenvalue weighted by atomic mass is 32.1. The van der Waals surface area contributed by atoms with Gasteiger partial charge in [0.05, 0.1) is 10.2 Å². The zero-order chi connectivity index (χ0) is 14.8. The van der Waals surface area contributed by atoms with Crippen LogP contribution in [0.5, 0.6) is 0 Å². The van der Waals surface area contributed by atoms with Gasteiger partial charge in [-0.15, -0.1) is 0 Å². The maximum absolute atomic E-state index is 5.73. The molecule has 0 aliphatic rings. The Morgan fingerprint density at radius 2 is 1.67 bits per heavy atom. The van der Waals surface area contributed by atoms with E-state index in [0.29, 0.717) is 5.13 Å². The van der Waals surface area contributed by atoms with Crippen LogP contribution in [0.2, 0.25) is 0 Å². The molecule has 0 fully saturated rings. The molecule has 3 nitrogen and oxygen atoms in total. The third kappa shape index (κ3) is 3.06. The van der Waals surface area contributed by atoms with Crippen LogP contribution in [0.15, 0.2) is 42.5 Å². The van der Waals surface area contributed by atoms with E-state index < -0.39 is 0 Å². The standard InChI is InChI=1S/C17H17N3S/c1-20(2)14-8-5-12(6-9-14)3-4-13-7-10-15-16(11-13)21-17(18)19-15/h3-11H,1-2H3,(H2,18,19)/b4-3+. The van der Waals surface area contributed by atoms with E-state index in [1.807, 2.05) is 20.2 Å². The number of hydrogen-bond acceptors (Lipinski definition) is 4. The summed E-state index contributed by atoms with van der Waals surface area (Å²) in [5.41, 5.74) is 10.2. The molecule has 106 valence electrons. The fourth-order valence-corrected chi connectivity index (χ4v) is 2.92. The number of aromatic nitrogens is 1. The second kappa shape index (κ2) is 5.58. The normalized spacial score (nSPS) is 11.3. The van der Waals surface area contributed by atoms with Crippen molar-refractivity contribution < 1.29 is 0 Å². The van der Waals surface area contributed by atoms with Crippen molar-refractivity contribution in [3.63, 3.8) is 0 Å². The van der Waals surface area contributed by atoms with E-state index in [1.54, 1.807) is 0 Å². The molecule has 3 rings (SSSR count). The monoisotopic (exact) mass is 295 g/mol. The molecular formula is C17H17N3S. The van der Waals surface area contributed by atoms with Gasteiger partial charge in [0.25, 0.3) is 0 Å². The number of thiazole rings is 1. The first-order valence-electron chi connectivity index (χ1n) is 6.73. The lowest BCUT2D eigenvalue weighted by Gasteiger charge is -2.11. The first kappa shape index (κ1) is 13.6. The van der Waals surface area contributed by atoms with Crippen LogP contribution < -0.4 is 10.6 Å². The molecule has 2 aromatic carbocycles. The van der Waals surface area contributed by atoms with Crippen LogP contribution in [0.25, 0.3) is 22.4 Å². The molecular weight excluding hydrogens is 278 g/mol. The van der Waals surface area contributed by atoms with E-state index >= 15 is 0 Å². The predicted octanol–water partition coefficient (Wildman–Crippen LogP) is 4.11. The largest absolute Gasteiger partial charge is 0.378 e. The topological polar surface area (TPSA) is 42.2 Å². The van der Waals surface area contributed by atoms with Gasteiger partial charge in [0.2, 0.25) is 0 Å².